The maximum Gasteiger partial charge on any atom is 0.167 e. The molecule has 1 aliphatic heterocycles. The maximum absolute atomic E-state index is 11.4. The van der Waals surface area contributed by atoms with Crippen LogP contribution in [0.5, 0.6) is 0 Å². The molecule has 11 heavy (non-hydrogen) atoms. The average molecular weight is 154 g/mol. The lowest BCUT2D eigenvalue weighted by Gasteiger charge is -2.13. The Morgan fingerprint density at radius 2 is 1.91 bits per heavy atom. The number of carbonyl (C=O) groups excluding carboxylic acids is 1. The van der Waals surface area contributed by atoms with E-state index in [9.17, 15) is 4.79 Å². The Balaban J connectivity index is 2.00. The van der Waals surface area contributed by atoms with Crippen LogP contribution in [0, 0.1) is 0 Å². The summed E-state index contributed by atoms with van der Waals surface area (Å²) in [6.45, 7) is 0.700. The average Bonchev–Trinajstić information content (AvgIpc) is 2.74. The predicted octanol–water partition coefficient (Wildman–Crippen LogP) is 1.68. The first-order valence-electron chi connectivity index (χ1n) is 4.51. The summed E-state index contributed by atoms with van der Waals surface area (Å²) in [5.74, 6) is 0.359. The molecule has 0 aromatic heterocycles. The predicted molar refractivity (Wildman–Crippen MR) is 41.4 cm³/mol. The van der Waals surface area contributed by atoms with Crippen LogP contribution in [0.2, 0.25) is 0 Å². The third kappa shape index (κ3) is 1.32. The van der Waals surface area contributed by atoms with Crippen molar-refractivity contribution in [2.24, 2.45) is 0 Å². The molecule has 1 saturated carbocycles. The summed E-state index contributed by atoms with van der Waals surface area (Å²) in [6.07, 6.45) is 6.47. The van der Waals surface area contributed by atoms with Gasteiger partial charge in [-0.25, -0.2) is 0 Å². The van der Waals surface area contributed by atoms with Gasteiger partial charge in [-0.15, -0.1) is 0 Å². The van der Waals surface area contributed by atoms with E-state index in [1.165, 1.54) is 19.3 Å². The van der Waals surface area contributed by atoms with Crippen LogP contribution >= 0.6 is 0 Å². The van der Waals surface area contributed by atoms with E-state index in [1.807, 2.05) is 0 Å². The topological polar surface area (TPSA) is 29.6 Å². The van der Waals surface area contributed by atoms with E-state index in [4.69, 9.17) is 4.74 Å². The molecule has 2 heteroatoms. The van der Waals surface area contributed by atoms with Crippen molar-refractivity contribution >= 4 is 5.78 Å². The van der Waals surface area contributed by atoms with Crippen molar-refractivity contribution in [3.05, 3.63) is 0 Å². The number of ketones is 1. The smallest absolute Gasteiger partial charge is 0.167 e. The largest absolute Gasteiger partial charge is 0.361 e. The normalized spacial score (nSPS) is 38.4. The Kier molecular flexibility index (Phi) is 1.72. The van der Waals surface area contributed by atoms with Gasteiger partial charge in [-0.3, -0.25) is 4.79 Å². The summed E-state index contributed by atoms with van der Waals surface area (Å²) in [4.78, 5) is 11.4. The summed E-state index contributed by atoms with van der Waals surface area (Å²) in [7, 11) is 0. The van der Waals surface area contributed by atoms with Gasteiger partial charge >= 0.3 is 0 Å². The molecule has 0 amide bonds. The second-order valence-electron chi connectivity index (χ2n) is 3.62. The lowest BCUT2D eigenvalue weighted by molar-refractivity contribution is -0.124. The van der Waals surface area contributed by atoms with E-state index in [1.54, 1.807) is 0 Å². The van der Waals surface area contributed by atoms with Crippen molar-refractivity contribution in [3.63, 3.8) is 0 Å². The molecule has 2 aliphatic rings. The van der Waals surface area contributed by atoms with Crippen molar-refractivity contribution < 1.29 is 9.53 Å². The van der Waals surface area contributed by atoms with Gasteiger partial charge in [0, 0.05) is 6.42 Å². The zero-order valence-electron chi connectivity index (χ0n) is 6.77. The van der Waals surface area contributed by atoms with Gasteiger partial charge in [0.05, 0.1) is 6.61 Å². The second kappa shape index (κ2) is 2.59. The number of ether oxygens (including phenoxy) is 1. The number of Topliss-reactive ketones (excluding diaryl/α,β-unsaturated/α-hetero) is 1. The van der Waals surface area contributed by atoms with E-state index >= 15 is 0 Å². The molecule has 0 bridgehead atoms. The van der Waals surface area contributed by atoms with E-state index < -0.39 is 0 Å². The fourth-order valence-electron chi connectivity index (χ4n) is 1.81. The summed E-state index contributed by atoms with van der Waals surface area (Å²) in [5.41, 5.74) is -0.277. The molecule has 0 N–H and O–H groups in total. The molecular formula is C9H14O2. The van der Waals surface area contributed by atoms with Crippen molar-refractivity contribution in [2.45, 2.75) is 44.1 Å². The van der Waals surface area contributed by atoms with Crippen molar-refractivity contribution in [2.75, 3.05) is 6.61 Å². The third-order valence-corrected chi connectivity index (χ3v) is 2.74. The van der Waals surface area contributed by atoms with Gasteiger partial charge in [-0.2, -0.15) is 0 Å². The molecule has 1 heterocycles. The maximum atomic E-state index is 11.4. The fourth-order valence-corrected chi connectivity index (χ4v) is 1.81. The number of hydrogen-bond donors (Lipinski definition) is 0. The molecule has 1 saturated heterocycles. The molecule has 2 fully saturated rings. The van der Waals surface area contributed by atoms with Gasteiger partial charge < -0.3 is 4.74 Å². The fraction of sp³-hybridized carbons (Fsp3) is 0.889. The summed E-state index contributed by atoms with van der Waals surface area (Å²) in [6, 6.07) is 0. The lowest BCUT2D eigenvalue weighted by atomic mass is 9.90. The molecule has 0 radical (unpaired) electrons. The second-order valence-corrected chi connectivity index (χ2v) is 3.62. The molecule has 1 unspecified atom stereocenters. The summed E-state index contributed by atoms with van der Waals surface area (Å²) in [5, 5.41) is 0. The van der Waals surface area contributed by atoms with Crippen LogP contribution in [0.3, 0.4) is 0 Å². The first-order valence-corrected chi connectivity index (χ1v) is 4.51. The van der Waals surface area contributed by atoms with E-state index in [-0.39, 0.29) is 5.60 Å². The molecule has 1 aliphatic carbocycles. The van der Waals surface area contributed by atoms with Crippen molar-refractivity contribution in [1.82, 2.24) is 0 Å². The van der Waals surface area contributed by atoms with Crippen LogP contribution in [0.1, 0.15) is 38.5 Å². The first kappa shape index (κ1) is 7.29. The number of epoxide rings is 1. The molecule has 0 aromatic carbocycles. The minimum atomic E-state index is -0.277. The third-order valence-electron chi connectivity index (χ3n) is 2.74. The quantitative estimate of drug-likeness (QED) is 0.497. The monoisotopic (exact) mass is 154 g/mol. The van der Waals surface area contributed by atoms with Crippen LogP contribution < -0.4 is 0 Å². The Morgan fingerprint density at radius 1 is 1.18 bits per heavy atom. The lowest BCUT2D eigenvalue weighted by Crippen LogP contribution is -2.25. The van der Waals surface area contributed by atoms with Crippen molar-refractivity contribution in [3.8, 4) is 0 Å². The Labute approximate surface area is 66.9 Å². The zero-order chi connectivity index (χ0) is 7.73. The molecule has 0 aromatic rings. The highest BCUT2D eigenvalue weighted by atomic mass is 16.6. The number of rotatable bonds is 0. The highest BCUT2D eigenvalue weighted by Crippen LogP contribution is 2.37. The standard InChI is InChI=1S/C9H14O2/c10-8-5-3-1-2-4-6-9(8)7-11-9/h1-7H2. The van der Waals surface area contributed by atoms with Gasteiger partial charge in [0.2, 0.25) is 0 Å². The SMILES string of the molecule is O=C1CCCCCCC12CO2. The van der Waals surface area contributed by atoms with Gasteiger partial charge in [0.15, 0.2) is 5.78 Å². The van der Waals surface area contributed by atoms with E-state index in [2.05, 4.69) is 0 Å². The minimum absolute atomic E-state index is 0.277. The summed E-state index contributed by atoms with van der Waals surface area (Å²) >= 11 is 0. The highest BCUT2D eigenvalue weighted by Gasteiger charge is 2.50. The van der Waals surface area contributed by atoms with Gasteiger partial charge in [-0.05, 0) is 12.8 Å². The van der Waals surface area contributed by atoms with Gasteiger partial charge in [-0.1, -0.05) is 19.3 Å². The van der Waals surface area contributed by atoms with Gasteiger partial charge in [0.25, 0.3) is 0 Å². The molecular weight excluding hydrogens is 140 g/mol. The number of carbonyl (C=O) groups is 1. The number of hydrogen-bond acceptors (Lipinski definition) is 2. The summed E-state index contributed by atoms with van der Waals surface area (Å²) < 4.78 is 5.24. The van der Waals surface area contributed by atoms with E-state index in [0.717, 1.165) is 19.3 Å². The highest BCUT2D eigenvalue weighted by molar-refractivity contribution is 5.89. The van der Waals surface area contributed by atoms with Crippen LogP contribution in [0.15, 0.2) is 0 Å². The van der Waals surface area contributed by atoms with Crippen LogP contribution in [-0.2, 0) is 9.53 Å². The van der Waals surface area contributed by atoms with Gasteiger partial charge in [0.1, 0.15) is 5.60 Å². The van der Waals surface area contributed by atoms with Crippen LogP contribution in [-0.4, -0.2) is 18.0 Å². The molecule has 62 valence electrons. The van der Waals surface area contributed by atoms with E-state index in [0.29, 0.717) is 12.4 Å². The van der Waals surface area contributed by atoms with Crippen LogP contribution in [0.4, 0.5) is 0 Å². The minimum Gasteiger partial charge on any atom is -0.361 e. The molecule has 1 spiro atoms. The molecule has 2 nitrogen and oxygen atoms in total. The Hall–Kier alpha value is -0.370. The van der Waals surface area contributed by atoms with Crippen molar-refractivity contribution in [1.29, 1.82) is 0 Å². The Morgan fingerprint density at radius 3 is 2.64 bits per heavy atom. The molecule has 2 rings (SSSR count). The zero-order valence-corrected chi connectivity index (χ0v) is 6.77. The Bertz CT molecular complexity index is 170. The first-order chi connectivity index (χ1) is 5.33. The van der Waals surface area contributed by atoms with Crippen LogP contribution in [0.25, 0.3) is 0 Å². The molecule has 1 atom stereocenters.